The number of methoxy groups -OCH3 is 1. The van der Waals surface area contributed by atoms with Gasteiger partial charge in [0.05, 0.1) is 24.5 Å². The van der Waals surface area contributed by atoms with Crippen molar-refractivity contribution in [1.82, 2.24) is 9.97 Å². The summed E-state index contributed by atoms with van der Waals surface area (Å²) in [5.41, 5.74) is 1.91. The normalized spacial score (nSPS) is 9.61. The maximum absolute atomic E-state index is 10.5. The number of nitrogens with one attached hydrogen (secondary N) is 1. The zero-order valence-corrected chi connectivity index (χ0v) is 10.4. The number of anilines is 1. The van der Waals surface area contributed by atoms with E-state index in [0.29, 0.717) is 22.5 Å². The van der Waals surface area contributed by atoms with Crippen molar-refractivity contribution in [3.05, 3.63) is 24.5 Å². The van der Waals surface area contributed by atoms with Crippen LogP contribution in [0.4, 0.5) is 5.69 Å². The highest BCUT2D eigenvalue weighted by Crippen LogP contribution is 2.22. The first-order valence-electron chi connectivity index (χ1n) is 4.95. The van der Waals surface area contributed by atoms with Crippen LogP contribution in [0.3, 0.4) is 0 Å². The Morgan fingerprint density at radius 3 is 2.94 bits per heavy atom. The minimum Gasteiger partial charge on any atom is -0.495 e. The Morgan fingerprint density at radius 1 is 1.50 bits per heavy atom. The van der Waals surface area contributed by atoms with E-state index in [1.165, 1.54) is 0 Å². The summed E-state index contributed by atoms with van der Waals surface area (Å²) in [6.45, 7) is -0.160. The fourth-order valence-corrected chi connectivity index (χ4v) is 1.44. The van der Waals surface area contributed by atoms with Crippen LogP contribution in [0.2, 0.25) is 0 Å². The first-order valence-corrected chi connectivity index (χ1v) is 4.95. The van der Waals surface area contributed by atoms with E-state index in [1.807, 2.05) is 0 Å². The van der Waals surface area contributed by atoms with Crippen LogP contribution in [-0.4, -0.2) is 34.7 Å². The number of carbonyl (C=O) groups is 1. The van der Waals surface area contributed by atoms with Crippen LogP contribution in [-0.2, 0) is 4.79 Å². The monoisotopic (exact) mass is 269 g/mol. The topological polar surface area (TPSA) is 84.3 Å². The lowest BCUT2D eigenvalue weighted by molar-refractivity contribution is -0.134. The summed E-state index contributed by atoms with van der Waals surface area (Å²) in [6, 6.07) is 3.43. The number of ether oxygens (including phenoxy) is 1. The van der Waals surface area contributed by atoms with E-state index in [-0.39, 0.29) is 19.0 Å². The Balaban J connectivity index is 0.00000162. The molecule has 96 valence electrons. The average Bonchev–Trinajstić information content (AvgIpc) is 2.35. The lowest BCUT2D eigenvalue weighted by Crippen LogP contribution is -2.12. The predicted octanol–water partition coefficient (Wildman–Crippen LogP) is 1.56. The quantitative estimate of drug-likeness (QED) is 0.876. The Kier molecular flexibility index (Phi) is 4.67. The van der Waals surface area contributed by atoms with Crippen molar-refractivity contribution in [2.45, 2.75) is 0 Å². The number of hydrogen-bond acceptors (Lipinski definition) is 5. The number of nitrogens with zero attached hydrogens (tertiary/aromatic N) is 2. The molecular formula is C11H12ClN3O3. The summed E-state index contributed by atoms with van der Waals surface area (Å²) in [5.74, 6) is -0.316. The maximum atomic E-state index is 10.5. The molecule has 2 aromatic rings. The van der Waals surface area contributed by atoms with E-state index in [4.69, 9.17) is 9.84 Å². The minimum atomic E-state index is -0.927. The van der Waals surface area contributed by atoms with Gasteiger partial charge in [0, 0.05) is 12.3 Å². The molecule has 0 unspecified atom stereocenters. The largest absolute Gasteiger partial charge is 0.495 e. The second kappa shape index (κ2) is 6.02. The van der Waals surface area contributed by atoms with E-state index in [1.54, 1.807) is 31.6 Å². The molecule has 2 rings (SSSR count). The molecule has 0 saturated heterocycles. The van der Waals surface area contributed by atoms with Crippen LogP contribution in [0.5, 0.6) is 5.75 Å². The molecule has 0 spiro atoms. The molecule has 0 fully saturated rings. The van der Waals surface area contributed by atoms with E-state index in [9.17, 15) is 4.79 Å². The fraction of sp³-hybridized carbons (Fsp3) is 0.182. The summed E-state index contributed by atoms with van der Waals surface area (Å²) < 4.78 is 5.04. The van der Waals surface area contributed by atoms with Crippen molar-refractivity contribution in [3.63, 3.8) is 0 Å². The molecular weight excluding hydrogens is 258 g/mol. The van der Waals surface area contributed by atoms with Crippen LogP contribution in [0.1, 0.15) is 0 Å². The van der Waals surface area contributed by atoms with Gasteiger partial charge in [-0.05, 0) is 6.07 Å². The molecule has 0 bridgehead atoms. The highest BCUT2D eigenvalue weighted by molar-refractivity contribution is 5.89. The van der Waals surface area contributed by atoms with E-state index >= 15 is 0 Å². The van der Waals surface area contributed by atoms with Gasteiger partial charge >= 0.3 is 5.97 Å². The van der Waals surface area contributed by atoms with Crippen LogP contribution >= 0.6 is 12.4 Å². The lowest BCUT2D eigenvalue weighted by Gasteiger charge is -2.07. The third-order valence-corrected chi connectivity index (χ3v) is 2.22. The van der Waals surface area contributed by atoms with Gasteiger partial charge < -0.3 is 15.2 Å². The zero-order valence-electron chi connectivity index (χ0n) is 9.58. The van der Waals surface area contributed by atoms with Gasteiger partial charge in [0.15, 0.2) is 0 Å². The zero-order chi connectivity index (χ0) is 12.3. The predicted molar refractivity (Wildman–Crippen MR) is 69.5 cm³/mol. The second-order valence-corrected chi connectivity index (χ2v) is 3.35. The number of hydrogen-bond donors (Lipinski definition) is 2. The molecule has 0 saturated carbocycles. The van der Waals surface area contributed by atoms with Gasteiger partial charge in [0.1, 0.15) is 17.8 Å². The van der Waals surface area contributed by atoms with Gasteiger partial charge in [-0.3, -0.25) is 9.78 Å². The van der Waals surface area contributed by atoms with Gasteiger partial charge in [-0.25, -0.2) is 4.98 Å². The number of aliphatic carboxylic acids is 1. The molecule has 7 heteroatoms. The fourth-order valence-electron chi connectivity index (χ4n) is 1.44. The van der Waals surface area contributed by atoms with Crippen molar-refractivity contribution < 1.29 is 14.6 Å². The SMILES string of the molecule is COc1cnc2c(NCC(=O)O)ccnc2c1.Cl. The Bertz CT molecular complexity index is 562. The van der Waals surface area contributed by atoms with Gasteiger partial charge in [0.25, 0.3) is 0 Å². The Hall–Kier alpha value is -2.08. The van der Waals surface area contributed by atoms with Crippen molar-refractivity contribution in [2.24, 2.45) is 0 Å². The summed E-state index contributed by atoms with van der Waals surface area (Å²) in [5, 5.41) is 11.4. The minimum absolute atomic E-state index is 0. The summed E-state index contributed by atoms with van der Waals surface area (Å²) in [7, 11) is 1.55. The Morgan fingerprint density at radius 2 is 2.28 bits per heavy atom. The molecule has 0 amide bonds. The molecule has 0 aliphatic carbocycles. The number of carboxylic acids is 1. The van der Waals surface area contributed by atoms with Crippen LogP contribution in [0, 0.1) is 0 Å². The standard InChI is InChI=1S/C11H11N3O3.ClH/c1-17-7-4-9-11(14-5-7)8(2-3-12-9)13-6-10(15)16;/h2-5H,6H2,1H3,(H,12,13)(H,15,16);1H. The third kappa shape index (κ3) is 2.98. The van der Waals surface area contributed by atoms with Gasteiger partial charge in [0.2, 0.25) is 0 Å². The summed E-state index contributed by atoms with van der Waals surface area (Å²) >= 11 is 0. The molecule has 2 N–H and O–H groups in total. The highest BCUT2D eigenvalue weighted by atomic mass is 35.5. The average molecular weight is 270 g/mol. The van der Waals surface area contributed by atoms with Gasteiger partial charge in [-0.1, -0.05) is 0 Å². The molecule has 0 aliphatic rings. The van der Waals surface area contributed by atoms with Crippen molar-refractivity contribution in [3.8, 4) is 5.75 Å². The number of rotatable bonds is 4. The van der Waals surface area contributed by atoms with Gasteiger partial charge in [-0.15, -0.1) is 12.4 Å². The first-order chi connectivity index (χ1) is 8.20. The molecule has 2 heterocycles. The van der Waals surface area contributed by atoms with Crippen LogP contribution in [0.15, 0.2) is 24.5 Å². The molecule has 2 aromatic heterocycles. The van der Waals surface area contributed by atoms with Crippen molar-refractivity contribution in [2.75, 3.05) is 19.0 Å². The van der Waals surface area contributed by atoms with Crippen molar-refractivity contribution in [1.29, 1.82) is 0 Å². The highest BCUT2D eigenvalue weighted by Gasteiger charge is 2.05. The first kappa shape index (κ1) is 14.0. The molecule has 0 radical (unpaired) electrons. The summed E-state index contributed by atoms with van der Waals surface area (Å²) in [6.07, 6.45) is 3.16. The van der Waals surface area contributed by atoms with Crippen LogP contribution in [0.25, 0.3) is 11.0 Å². The smallest absolute Gasteiger partial charge is 0.322 e. The molecule has 0 atom stereocenters. The molecule has 0 aromatic carbocycles. The van der Waals surface area contributed by atoms with Gasteiger partial charge in [-0.2, -0.15) is 0 Å². The number of aromatic nitrogens is 2. The third-order valence-electron chi connectivity index (χ3n) is 2.22. The molecule has 0 aliphatic heterocycles. The molecule has 18 heavy (non-hydrogen) atoms. The number of halogens is 1. The van der Waals surface area contributed by atoms with E-state index in [0.717, 1.165) is 0 Å². The van der Waals surface area contributed by atoms with Crippen molar-refractivity contribution >= 4 is 35.1 Å². The number of fused-ring (bicyclic) bond motifs is 1. The van der Waals surface area contributed by atoms with E-state index < -0.39 is 5.97 Å². The number of pyridine rings is 2. The summed E-state index contributed by atoms with van der Waals surface area (Å²) in [4.78, 5) is 18.8. The second-order valence-electron chi connectivity index (χ2n) is 3.35. The maximum Gasteiger partial charge on any atom is 0.322 e. The number of carboxylic acid groups (broad SMARTS) is 1. The van der Waals surface area contributed by atoms with E-state index in [2.05, 4.69) is 15.3 Å². The molecule has 6 nitrogen and oxygen atoms in total. The lowest BCUT2D eigenvalue weighted by atomic mass is 10.2. The van der Waals surface area contributed by atoms with Crippen LogP contribution < -0.4 is 10.1 Å². The Labute approximate surface area is 109 Å².